The standard InChI is InChI=1S/C15H29NO3/c1-10(2)14(17)7-15(18)13(6-11(3)8-16)12(4)9-19-5/h10-11,15,18H,6-9,16H2,1-5H3/b13-12+/t11-,15?/m0/s1. The molecule has 112 valence electrons. The summed E-state index contributed by atoms with van der Waals surface area (Å²) >= 11 is 0. The first-order chi connectivity index (χ1) is 8.83. The molecule has 0 rings (SSSR count). The maximum Gasteiger partial charge on any atom is 0.138 e. The lowest BCUT2D eigenvalue weighted by atomic mass is 9.89. The van der Waals surface area contributed by atoms with E-state index < -0.39 is 6.10 Å². The van der Waals surface area contributed by atoms with Gasteiger partial charge in [-0.15, -0.1) is 0 Å². The van der Waals surface area contributed by atoms with E-state index in [1.54, 1.807) is 7.11 Å². The predicted octanol–water partition coefficient (Wildman–Crippen LogP) is 1.91. The minimum Gasteiger partial charge on any atom is -0.388 e. The quantitative estimate of drug-likeness (QED) is 0.628. The van der Waals surface area contributed by atoms with Gasteiger partial charge >= 0.3 is 0 Å². The molecule has 0 aliphatic rings. The van der Waals surface area contributed by atoms with Gasteiger partial charge in [-0.25, -0.2) is 0 Å². The SMILES string of the molecule is COC/C(C)=C(\C[C@H](C)CN)C(O)CC(=O)C(C)C. The highest BCUT2D eigenvalue weighted by atomic mass is 16.5. The Morgan fingerprint density at radius 2 is 1.84 bits per heavy atom. The molecule has 0 bridgehead atoms. The molecular weight excluding hydrogens is 242 g/mol. The molecule has 0 aromatic carbocycles. The average molecular weight is 271 g/mol. The van der Waals surface area contributed by atoms with Crippen LogP contribution in [-0.4, -0.2) is 37.3 Å². The minimum absolute atomic E-state index is 0.0504. The fourth-order valence-corrected chi connectivity index (χ4v) is 1.91. The first-order valence-corrected chi connectivity index (χ1v) is 6.91. The monoisotopic (exact) mass is 271 g/mol. The van der Waals surface area contributed by atoms with E-state index in [0.717, 1.165) is 11.1 Å². The molecule has 0 saturated carbocycles. The van der Waals surface area contributed by atoms with Crippen molar-refractivity contribution in [1.82, 2.24) is 0 Å². The van der Waals surface area contributed by atoms with Crippen LogP contribution in [0, 0.1) is 11.8 Å². The molecule has 0 spiro atoms. The third-order valence-corrected chi connectivity index (χ3v) is 3.32. The summed E-state index contributed by atoms with van der Waals surface area (Å²) in [5.41, 5.74) is 7.53. The lowest BCUT2D eigenvalue weighted by Crippen LogP contribution is -2.23. The number of nitrogens with two attached hydrogens (primary N) is 1. The molecule has 4 heteroatoms. The molecule has 0 saturated heterocycles. The topological polar surface area (TPSA) is 72.6 Å². The Morgan fingerprint density at radius 1 is 1.26 bits per heavy atom. The number of rotatable bonds is 9. The molecule has 4 nitrogen and oxygen atoms in total. The van der Waals surface area contributed by atoms with Crippen LogP contribution in [0.5, 0.6) is 0 Å². The summed E-state index contributed by atoms with van der Waals surface area (Å²) in [5.74, 6) is 0.312. The van der Waals surface area contributed by atoms with E-state index in [0.29, 0.717) is 19.6 Å². The Morgan fingerprint density at radius 3 is 2.26 bits per heavy atom. The van der Waals surface area contributed by atoms with Gasteiger partial charge in [-0.05, 0) is 37.0 Å². The molecule has 0 aromatic rings. The third kappa shape index (κ3) is 6.85. The van der Waals surface area contributed by atoms with Gasteiger partial charge in [0.1, 0.15) is 5.78 Å². The number of aliphatic hydroxyl groups excluding tert-OH is 1. The van der Waals surface area contributed by atoms with E-state index in [9.17, 15) is 9.90 Å². The van der Waals surface area contributed by atoms with Gasteiger partial charge in [0.25, 0.3) is 0 Å². The van der Waals surface area contributed by atoms with Crippen molar-refractivity contribution in [2.75, 3.05) is 20.3 Å². The van der Waals surface area contributed by atoms with Gasteiger partial charge in [0.2, 0.25) is 0 Å². The highest BCUT2D eigenvalue weighted by Gasteiger charge is 2.20. The number of hydrogen-bond donors (Lipinski definition) is 2. The first kappa shape index (κ1) is 18.3. The number of Topliss-reactive ketones (excluding diaryl/α,β-unsaturated/α-hetero) is 1. The van der Waals surface area contributed by atoms with Gasteiger partial charge in [0.05, 0.1) is 12.7 Å². The highest BCUT2D eigenvalue weighted by Crippen LogP contribution is 2.22. The molecule has 0 aliphatic carbocycles. The zero-order chi connectivity index (χ0) is 15.0. The lowest BCUT2D eigenvalue weighted by Gasteiger charge is -2.21. The van der Waals surface area contributed by atoms with E-state index in [1.807, 2.05) is 27.7 Å². The average Bonchev–Trinajstić information content (AvgIpc) is 2.35. The number of ketones is 1. The Labute approximate surface area is 117 Å². The van der Waals surface area contributed by atoms with Crippen molar-refractivity contribution < 1.29 is 14.6 Å². The number of aliphatic hydroxyl groups is 1. The first-order valence-electron chi connectivity index (χ1n) is 6.91. The fourth-order valence-electron chi connectivity index (χ4n) is 1.91. The Kier molecular flexibility index (Phi) is 8.89. The second-order valence-electron chi connectivity index (χ2n) is 5.62. The van der Waals surface area contributed by atoms with Gasteiger partial charge in [0.15, 0.2) is 0 Å². The van der Waals surface area contributed by atoms with Crippen molar-refractivity contribution in [3.8, 4) is 0 Å². The van der Waals surface area contributed by atoms with E-state index in [2.05, 4.69) is 0 Å². The van der Waals surface area contributed by atoms with E-state index in [4.69, 9.17) is 10.5 Å². The largest absolute Gasteiger partial charge is 0.388 e. The zero-order valence-electron chi connectivity index (χ0n) is 12.9. The molecule has 0 fully saturated rings. The van der Waals surface area contributed by atoms with Gasteiger partial charge in [-0.1, -0.05) is 20.8 Å². The molecule has 19 heavy (non-hydrogen) atoms. The highest BCUT2D eigenvalue weighted by molar-refractivity contribution is 5.81. The van der Waals surface area contributed by atoms with Crippen molar-refractivity contribution in [1.29, 1.82) is 0 Å². The second kappa shape index (κ2) is 9.23. The summed E-state index contributed by atoms with van der Waals surface area (Å²) in [6, 6.07) is 0. The number of hydrogen-bond acceptors (Lipinski definition) is 4. The molecule has 0 radical (unpaired) electrons. The molecule has 0 heterocycles. The summed E-state index contributed by atoms with van der Waals surface area (Å²) in [6.45, 7) is 8.71. The Bertz CT molecular complexity index is 311. The van der Waals surface area contributed by atoms with Gasteiger partial charge in [-0.2, -0.15) is 0 Å². The van der Waals surface area contributed by atoms with Gasteiger partial charge in [0, 0.05) is 19.4 Å². The van der Waals surface area contributed by atoms with E-state index in [-0.39, 0.29) is 24.0 Å². The normalized spacial score (nSPS) is 16.2. The molecule has 2 atom stereocenters. The molecule has 0 aliphatic heterocycles. The number of carbonyl (C=O) groups excluding carboxylic acids is 1. The van der Waals surface area contributed by atoms with E-state index in [1.165, 1.54) is 0 Å². The summed E-state index contributed by atoms with van der Waals surface area (Å²) in [4.78, 5) is 11.8. The summed E-state index contributed by atoms with van der Waals surface area (Å²) in [5, 5.41) is 10.3. The maximum absolute atomic E-state index is 11.8. The van der Waals surface area contributed by atoms with Crippen LogP contribution in [0.4, 0.5) is 0 Å². The van der Waals surface area contributed by atoms with Crippen molar-refractivity contribution in [3.63, 3.8) is 0 Å². The van der Waals surface area contributed by atoms with E-state index >= 15 is 0 Å². The summed E-state index contributed by atoms with van der Waals surface area (Å²) < 4.78 is 5.12. The van der Waals surface area contributed by atoms with Crippen LogP contribution in [0.2, 0.25) is 0 Å². The van der Waals surface area contributed by atoms with Crippen LogP contribution in [0.3, 0.4) is 0 Å². The Hall–Kier alpha value is -0.710. The van der Waals surface area contributed by atoms with Crippen LogP contribution in [0.1, 0.15) is 40.5 Å². The van der Waals surface area contributed by atoms with Crippen LogP contribution in [0.15, 0.2) is 11.1 Å². The smallest absolute Gasteiger partial charge is 0.138 e. The predicted molar refractivity (Wildman–Crippen MR) is 77.9 cm³/mol. The molecule has 1 unspecified atom stereocenters. The zero-order valence-corrected chi connectivity index (χ0v) is 12.9. The molecular formula is C15H29NO3. The van der Waals surface area contributed by atoms with Crippen LogP contribution in [0.25, 0.3) is 0 Å². The minimum atomic E-state index is -0.723. The summed E-state index contributed by atoms with van der Waals surface area (Å²) in [7, 11) is 1.62. The number of methoxy groups -OCH3 is 1. The summed E-state index contributed by atoms with van der Waals surface area (Å²) in [6.07, 6.45) is 0.155. The fraction of sp³-hybridized carbons (Fsp3) is 0.800. The van der Waals surface area contributed by atoms with Gasteiger partial charge < -0.3 is 15.6 Å². The molecule has 0 amide bonds. The van der Waals surface area contributed by atoms with Gasteiger partial charge in [-0.3, -0.25) is 4.79 Å². The second-order valence-corrected chi connectivity index (χ2v) is 5.62. The van der Waals surface area contributed by atoms with Crippen LogP contribution < -0.4 is 5.73 Å². The van der Waals surface area contributed by atoms with Crippen molar-refractivity contribution in [3.05, 3.63) is 11.1 Å². The van der Waals surface area contributed by atoms with Crippen LogP contribution >= 0.6 is 0 Å². The van der Waals surface area contributed by atoms with Crippen LogP contribution in [-0.2, 0) is 9.53 Å². The molecule has 3 N–H and O–H groups in total. The molecule has 0 aromatic heterocycles. The number of ether oxygens (including phenoxy) is 1. The van der Waals surface area contributed by atoms with Crippen molar-refractivity contribution in [2.45, 2.75) is 46.6 Å². The maximum atomic E-state index is 11.8. The van der Waals surface area contributed by atoms with Crippen molar-refractivity contribution >= 4 is 5.78 Å². The lowest BCUT2D eigenvalue weighted by molar-refractivity contribution is -0.123. The third-order valence-electron chi connectivity index (χ3n) is 3.32. The number of carbonyl (C=O) groups is 1. The Balaban J connectivity index is 4.92. The van der Waals surface area contributed by atoms with Crippen molar-refractivity contribution in [2.24, 2.45) is 17.6 Å².